The summed E-state index contributed by atoms with van der Waals surface area (Å²) in [7, 11) is 0. The van der Waals surface area contributed by atoms with E-state index in [4.69, 9.17) is 16.3 Å². The van der Waals surface area contributed by atoms with Gasteiger partial charge in [0.05, 0.1) is 10.7 Å². The van der Waals surface area contributed by atoms with Crippen LogP contribution in [0.5, 0.6) is 11.6 Å². The van der Waals surface area contributed by atoms with Gasteiger partial charge in [-0.1, -0.05) is 48.0 Å². The van der Waals surface area contributed by atoms with Crippen LogP contribution in [-0.2, 0) is 11.0 Å². The van der Waals surface area contributed by atoms with E-state index in [0.717, 1.165) is 4.68 Å². The Balaban J connectivity index is 1.58. The van der Waals surface area contributed by atoms with Crippen LogP contribution < -0.4 is 10.1 Å². The number of alkyl halides is 3. The van der Waals surface area contributed by atoms with Crippen LogP contribution in [0.1, 0.15) is 5.69 Å². The number of nitrogens with one attached hydrogen (secondary N) is 1. The third-order valence-electron chi connectivity index (χ3n) is 4.57. The van der Waals surface area contributed by atoms with Crippen molar-refractivity contribution in [1.82, 2.24) is 9.78 Å². The van der Waals surface area contributed by atoms with Crippen molar-refractivity contribution in [2.24, 2.45) is 0 Å². The zero-order valence-corrected chi connectivity index (χ0v) is 17.0. The lowest BCUT2D eigenvalue weighted by Crippen LogP contribution is -2.21. The van der Waals surface area contributed by atoms with Crippen LogP contribution >= 0.6 is 11.6 Å². The summed E-state index contributed by atoms with van der Waals surface area (Å²) in [5.41, 5.74) is -0.593. The summed E-state index contributed by atoms with van der Waals surface area (Å²) in [5, 5.41) is 17.4. The highest BCUT2D eigenvalue weighted by atomic mass is 35.5. The zero-order chi connectivity index (χ0) is 22.9. The van der Waals surface area contributed by atoms with Gasteiger partial charge < -0.3 is 15.2 Å². The number of para-hydroxylation sites is 1. The molecular weight excluding hydrogens is 447 g/mol. The number of phenols is 1. The van der Waals surface area contributed by atoms with Crippen molar-refractivity contribution >= 4 is 34.0 Å². The van der Waals surface area contributed by atoms with E-state index in [-0.39, 0.29) is 22.3 Å². The van der Waals surface area contributed by atoms with Gasteiger partial charge in [-0.05, 0) is 24.3 Å². The minimum absolute atomic E-state index is 0.0539. The molecule has 0 saturated heterocycles. The number of nitrogens with zero attached hydrogens (tertiary/aromatic N) is 2. The fraction of sp³-hybridized carbons (Fsp3) is 0.0909. The number of fused-ring (bicyclic) bond motifs is 1. The summed E-state index contributed by atoms with van der Waals surface area (Å²) in [6.45, 7) is -0.581. The number of hydrogen-bond acceptors (Lipinski definition) is 4. The highest BCUT2D eigenvalue weighted by Crippen LogP contribution is 2.34. The number of amides is 1. The quantitative estimate of drug-likeness (QED) is 0.416. The van der Waals surface area contributed by atoms with E-state index in [1.807, 2.05) is 0 Å². The van der Waals surface area contributed by atoms with E-state index in [9.17, 15) is 23.1 Å². The molecule has 1 heterocycles. The first kappa shape index (κ1) is 21.5. The van der Waals surface area contributed by atoms with Crippen LogP contribution in [-0.4, -0.2) is 27.4 Å². The number of aromatic nitrogens is 2. The summed E-state index contributed by atoms with van der Waals surface area (Å²) in [4.78, 5) is 12.5. The van der Waals surface area contributed by atoms with E-state index in [1.165, 1.54) is 18.2 Å². The maximum absolute atomic E-state index is 13.2. The van der Waals surface area contributed by atoms with Crippen molar-refractivity contribution in [2.45, 2.75) is 6.18 Å². The second-order valence-electron chi connectivity index (χ2n) is 6.74. The Bertz CT molecular complexity index is 1300. The monoisotopic (exact) mass is 461 g/mol. The average molecular weight is 462 g/mol. The predicted molar refractivity (Wildman–Crippen MR) is 113 cm³/mol. The van der Waals surface area contributed by atoms with E-state index in [0.29, 0.717) is 22.5 Å². The van der Waals surface area contributed by atoms with Crippen LogP contribution in [0.3, 0.4) is 0 Å². The molecule has 0 saturated carbocycles. The first-order valence-electron chi connectivity index (χ1n) is 9.29. The molecule has 1 amide bonds. The number of rotatable bonds is 5. The fourth-order valence-electron chi connectivity index (χ4n) is 3.13. The van der Waals surface area contributed by atoms with Gasteiger partial charge in [-0.2, -0.15) is 23.0 Å². The van der Waals surface area contributed by atoms with Gasteiger partial charge in [0.1, 0.15) is 5.75 Å². The van der Waals surface area contributed by atoms with Gasteiger partial charge in [-0.15, -0.1) is 0 Å². The van der Waals surface area contributed by atoms with Crippen molar-refractivity contribution in [1.29, 1.82) is 0 Å². The summed E-state index contributed by atoms with van der Waals surface area (Å²) >= 11 is 6.10. The predicted octanol–water partition coefficient (Wildman–Crippen LogP) is 5.42. The maximum atomic E-state index is 13.2. The second kappa shape index (κ2) is 8.43. The third kappa shape index (κ3) is 4.33. The number of anilines is 1. The number of carbonyl (C=O) groups excluding carboxylic acids is 1. The molecule has 0 spiro atoms. The van der Waals surface area contributed by atoms with Crippen LogP contribution in [0, 0.1) is 0 Å². The summed E-state index contributed by atoms with van der Waals surface area (Å²) in [5.74, 6) is -0.851. The van der Waals surface area contributed by atoms with Crippen LogP contribution in [0.25, 0.3) is 16.5 Å². The summed E-state index contributed by atoms with van der Waals surface area (Å²) < 4.78 is 45.9. The molecule has 10 heteroatoms. The van der Waals surface area contributed by atoms with Gasteiger partial charge in [0, 0.05) is 22.5 Å². The molecule has 0 aliphatic rings. The van der Waals surface area contributed by atoms with E-state index in [1.54, 1.807) is 42.5 Å². The number of carbonyl (C=O) groups is 1. The zero-order valence-electron chi connectivity index (χ0n) is 16.2. The first-order valence-corrected chi connectivity index (χ1v) is 9.67. The minimum Gasteiger partial charge on any atom is -0.507 e. The normalized spacial score (nSPS) is 11.5. The van der Waals surface area contributed by atoms with Crippen LogP contribution in [0.4, 0.5) is 18.9 Å². The van der Waals surface area contributed by atoms with Crippen LogP contribution in [0.2, 0.25) is 5.02 Å². The molecule has 4 rings (SSSR count). The van der Waals surface area contributed by atoms with Crippen molar-refractivity contribution < 1.29 is 27.8 Å². The van der Waals surface area contributed by atoms with E-state index in [2.05, 4.69) is 10.4 Å². The van der Waals surface area contributed by atoms with Crippen molar-refractivity contribution in [2.75, 3.05) is 11.9 Å². The smallest absolute Gasteiger partial charge is 0.435 e. The van der Waals surface area contributed by atoms with Gasteiger partial charge in [-0.3, -0.25) is 4.79 Å². The minimum atomic E-state index is -4.71. The molecule has 0 unspecified atom stereocenters. The van der Waals surface area contributed by atoms with Crippen molar-refractivity contribution in [3.63, 3.8) is 0 Å². The molecule has 6 nitrogen and oxygen atoms in total. The molecule has 1 aromatic heterocycles. The molecule has 0 aliphatic heterocycles. The number of ether oxygens (including phenoxy) is 1. The number of hydrogen-bond donors (Lipinski definition) is 2. The number of aromatic hydroxyl groups is 1. The molecule has 0 bridgehead atoms. The number of phenolic OH excluding ortho intramolecular Hbond substituents is 1. The fourth-order valence-corrected chi connectivity index (χ4v) is 3.35. The molecule has 3 aromatic carbocycles. The molecule has 4 aromatic rings. The van der Waals surface area contributed by atoms with Crippen molar-refractivity contribution in [3.8, 4) is 17.3 Å². The Morgan fingerprint density at radius 2 is 1.78 bits per heavy atom. The lowest BCUT2D eigenvalue weighted by Gasteiger charge is -2.12. The molecule has 0 aliphatic carbocycles. The highest BCUT2D eigenvalue weighted by molar-refractivity contribution is 6.32. The van der Waals surface area contributed by atoms with Gasteiger partial charge in [0.2, 0.25) is 5.88 Å². The third-order valence-corrected chi connectivity index (χ3v) is 4.89. The Morgan fingerprint density at radius 3 is 2.53 bits per heavy atom. The standard InChI is InChI=1S/C22H15ClF3N3O3/c23-15-7-1-2-9-17(15)29-21(11-19(28-29)22(24,25)26)32-12-20(31)27-16-8-3-6-14-13(16)5-4-10-18(14)30/h1-11,30H,12H2,(H,27,31). The summed E-state index contributed by atoms with van der Waals surface area (Å²) in [6, 6.07) is 16.7. The van der Waals surface area contributed by atoms with E-state index < -0.39 is 24.4 Å². The molecule has 2 N–H and O–H groups in total. The van der Waals surface area contributed by atoms with Gasteiger partial charge >= 0.3 is 6.18 Å². The molecular formula is C22H15ClF3N3O3. The Hall–Kier alpha value is -3.72. The lowest BCUT2D eigenvalue weighted by molar-refractivity contribution is -0.141. The van der Waals surface area contributed by atoms with Crippen molar-refractivity contribution in [3.05, 3.63) is 77.4 Å². The molecule has 164 valence electrons. The highest BCUT2D eigenvalue weighted by Gasteiger charge is 2.36. The SMILES string of the molecule is O=C(COc1cc(C(F)(F)F)nn1-c1ccccc1Cl)Nc1cccc2c(O)cccc12. The molecule has 32 heavy (non-hydrogen) atoms. The van der Waals surface area contributed by atoms with Gasteiger partial charge in [0.15, 0.2) is 12.3 Å². The summed E-state index contributed by atoms with van der Waals surface area (Å²) in [6.07, 6.45) is -4.71. The molecule has 0 atom stereocenters. The lowest BCUT2D eigenvalue weighted by atomic mass is 10.1. The van der Waals surface area contributed by atoms with E-state index >= 15 is 0 Å². The number of benzene rings is 3. The second-order valence-corrected chi connectivity index (χ2v) is 7.15. The van der Waals surface area contributed by atoms with Crippen LogP contribution in [0.15, 0.2) is 66.7 Å². The van der Waals surface area contributed by atoms with Gasteiger partial charge in [0.25, 0.3) is 5.91 Å². The Morgan fingerprint density at radius 1 is 1.06 bits per heavy atom. The Labute approximate surface area is 184 Å². The maximum Gasteiger partial charge on any atom is 0.435 e. The van der Waals surface area contributed by atoms with Gasteiger partial charge in [-0.25, -0.2) is 0 Å². The number of halogens is 4. The average Bonchev–Trinajstić information content (AvgIpc) is 3.18. The first-order chi connectivity index (χ1) is 15.2. The largest absolute Gasteiger partial charge is 0.507 e. The molecule has 0 fully saturated rings. The topological polar surface area (TPSA) is 76.4 Å². The molecule has 0 radical (unpaired) electrons. The Kier molecular flexibility index (Phi) is 5.67.